The zero-order chi connectivity index (χ0) is 57.0. The summed E-state index contributed by atoms with van der Waals surface area (Å²) in [6, 6.07) is 62.0. The molecule has 0 fully saturated rings. The van der Waals surface area contributed by atoms with Crippen LogP contribution in [-0.2, 0) is 38.9 Å². The molecule has 0 aliphatic heterocycles. The maximum absolute atomic E-state index is 12.5. The Hall–Kier alpha value is -10.1. The quantitative estimate of drug-likeness (QED) is 0.0278. The van der Waals surface area contributed by atoms with Gasteiger partial charge >= 0.3 is 0 Å². The molecule has 0 radical (unpaired) electrons. The monoisotopic (exact) mass is 1110 g/mol. The highest BCUT2D eigenvalue weighted by atomic mass is 35.5. The van der Waals surface area contributed by atoms with Crippen LogP contribution in [0.1, 0.15) is 54.9 Å². The molecule has 0 aliphatic rings. The molecule has 0 atom stereocenters. The lowest BCUT2D eigenvalue weighted by molar-refractivity contribution is 0.102. The molecule has 3 heterocycles. The molecule has 0 unspecified atom stereocenters. The molecule has 10 rings (SSSR count). The Morgan fingerprint density at radius 3 is 1.16 bits per heavy atom. The minimum absolute atomic E-state index is 0.170. The van der Waals surface area contributed by atoms with Crippen molar-refractivity contribution in [2.24, 2.45) is 0 Å². The number of hydrogen-bond donors (Lipinski definition) is 8. The molecule has 0 saturated heterocycles. The Kier molecular flexibility index (Phi) is 22.3. The Morgan fingerprint density at radius 1 is 0.390 bits per heavy atom. The Bertz CT molecular complexity index is 3490. The van der Waals surface area contributed by atoms with Gasteiger partial charge in [-0.05, 0) is 102 Å². The Morgan fingerprint density at radius 2 is 0.732 bits per heavy atom. The maximum atomic E-state index is 12.5. The molecule has 82 heavy (non-hydrogen) atoms. The number of nitrogens with one attached hydrogen (secondary N) is 7. The topological polar surface area (TPSA) is 243 Å². The number of aryl methyl sites for hydroxylation is 2. The standard InChI is InChI=1S/C25H25N7O.C19H20ClN5.C19H21N5/c26-21-8-4-5-9-22(21)31-23(33)20-12-10-19(11-13-20)16-28-25-30-17-29-24(32-25)27-15-14-18-6-2-1-3-7-18;1-14-7-9-16(10-8-14)13-22-19-24-17(20)23-18(25-19)21-12-11-15-5-3-2-4-6-15;1-15-7-9-17(10-8-15)13-21-19-23-14-22-18(24-19)20-12-11-16-5-3-2-4-6-16/h1-13,17H,14-16,26H2,(H,31,33)(H2,27,28,29,30,32);2-10H,11-13H2,1H3,(H2,21,22,23,24,25);2-10,14H,11-13H2,1H3,(H2,20,21,22,23,24). The first-order valence-electron chi connectivity index (χ1n) is 26.9. The van der Waals surface area contributed by atoms with E-state index in [0.717, 1.165) is 50.0 Å². The van der Waals surface area contributed by atoms with Gasteiger partial charge in [0.05, 0.1) is 11.4 Å². The van der Waals surface area contributed by atoms with E-state index in [1.165, 1.54) is 46.0 Å². The summed E-state index contributed by atoms with van der Waals surface area (Å²) in [6.07, 6.45) is 5.69. The lowest BCUT2D eigenvalue weighted by Gasteiger charge is -2.09. The second-order valence-electron chi connectivity index (χ2n) is 18.8. The summed E-state index contributed by atoms with van der Waals surface area (Å²) in [6.45, 7) is 8.21. The van der Waals surface area contributed by atoms with Gasteiger partial charge < -0.3 is 43.0 Å². The van der Waals surface area contributed by atoms with Crippen LogP contribution in [0.25, 0.3) is 0 Å². The predicted octanol–water partition coefficient (Wildman–Crippen LogP) is 11.5. The van der Waals surface area contributed by atoms with Crippen LogP contribution in [0, 0.1) is 13.8 Å². The predicted molar refractivity (Wildman–Crippen MR) is 330 cm³/mol. The summed E-state index contributed by atoms with van der Waals surface area (Å²) in [7, 11) is 0. The molecular weight excluding hydrogens is 1050 g/mol. The summed E-state index contributed by atoms with van der Waals surface area (Å²) in [5.41, 5.74) is 17.2. The van der Waals surface area contributed by atoms with Crippen LogP contribution in [0.3, 0.4) is 0 Å². The fourth-order valence-corrected chi connectivity index (χ4v) is 8.03. The number of amides is 1. The lowest BCUT2D eigenvalue weighted by Crippen LogP contribution is -2.13. The molecule has 0 spiro atoms. The number of nitrogens with two attached hydrogens (primary N) is 1. The van der Waals surface area contributed by atoms with Crippen molar-refractivity contribution >= 4 is 64.6 Å². The molecule has 19 heteroatoms. The van der Waals surface area contributed by atoms with Crippen molar-refractivity contribution in [3.63, 3.8) is 0 Å². The Labute approximate surface area is 483 Å². The first-order chi connectivity index (χ1) is 40.1. The van der Waals surface area contributed by atoms with Crippen molar-refractivity contribution in [2.45, 2.75) is 52.7 Å². The molecule has 7 aromatic carbocycles. The van der Waals surface area contributed by atoms with Crippen LogP contribution in [0.2, 0.25) is 5.28 Å². The molecule has 0 bridgehead atoms. The number of nitrogen functional groups attached to an aromatic ring is 1. The summed E-state index contributed by atoms with van der Waals surface area (Å²) in [4.78, 5) is 50.5. The highest BCUT2D eigenvalue weighted by Gasteiger charge is 2.10. The molecule has 0 saturated carbocycles. The van der Waals surface area contributed by atoms with Crippen LogP contribution >= 0.6 is 11.6 Å². The number of anilines is 8. The van der Waals surface area contributed by atoms with Gasteiger partial charge in [0.15, 0.2) is 0 Å². The smallest absolute Gasteiger partial charge is 0.255 e. The van der Waals surface area contributed by atoms with Crippen LogP contribution < -0.4 is 43.0 Å². The van der Waals surface area contributed by atoms with Gasteiger partial charge in [0, 0.05) is 44.8 Å². The van der Waals surface area contributed by atoms with Gasteiger partial charge in [-0.25, -0.2) is 19.9 Å². The fourth-order valence-electron chi connectivity index (χ4n) is 7.87. The molecular formula is C63H66ClN17O. The van der Waals surface area contributed by atoms with Crippen molar-refractivity contribution in [3.05, 3.63) is 256 Å². The maximum Gasteiger partial charge on any atom is 0.255 e. The third kappa shape index (κ3) is 20.3. The molecule has 18 nitrogen and oxygen atoms in total. The number of hydrogen-bond acceptors (Lipinski definition) is 17. The normalized spacial score (nSPS) is 10.4. The second-order valence-corrected chi connectivity index (χ2v) is 19.1. The number of carbonyl (C=O) groups is 1. The molecule has 3 aromatic heterocycles. The van der Waals surface area contributed by atoms with E-state index < -0.39 is 0 Å². The van der Waals surface area contributed by atoms with Gasteiger partial charge in [0.1, 0.15) is 12.7 Å². The number of aromatic nitrogens is 9. The number of nitrogens with zero attached hydrogens (tertiary/aromatic N) is 9. The number of halogens is 1. The summed E-state index contributed by atoms with van der Waals surface area (Å²) < 4.78 is 0. The second kappa shape index (κ2) is 31.5. The Balaban J connectivity index is 0.000000164. The average molecular weight is 1110 g/mol. The molecule has 1 amide bonds. The summed E-state index contributed by atoms with van der Waals surface area (Å²) >= 11 is 6.01. The average Bonchev–Trinajstić information content (AvgIpc) is 3.53. The minimum atomic E-state index is -0.212. The van der Waals surface area contributed by atoms with Gasteiger partial charge in [0.25, 0.3) is 5.91 Å². The van der Waals surface area contributed by atoms with Gasteiger partial charge in [0.2, 0.25) is 41.0 Å². The summed E-state index contributed by atoms with van der Waals surface area (Å²) in [5, 5.41) is 22.2. The molecule has 416 valence electrons. The third-order valence-electron chi connectivity index (χ3n) is 12.4. The van der Waals surface area contributed by atoms with Crippen molar-refractivity contribution < 1.29 is 4.79 Å². The van der Waals surface area contributed by atoms with Gasteiger partial charge in [-0.3, -0.25) is 4.79 Å². The van der Waals surface area contributed by atoms with Crippen molar-refractivity contribution in [1.82, 2.24) is 44.9 Å². The van der Waals surface area contributed by atoms with Crippen LogP contribution in [0.4, 0.5) is 47.1 Å². The zero-order valence-electron chi connectivity index (χ0n) is 45.8. The van der Waals surface area contributed by atoms with Crippen LogP contribution in [-0.4, -0.2) is 70.4 Å². The van der Waals surface area contributed by atoms with E-state index in [1.54, 1.807) is 24.3 Å². The molecule has 0 aliphatic carbocycles. The van der Waals surface area contributed by atoms with Crippen molar-refractivity contribution in [3.8, 4) is 0 Å². The van der Waals surface area contributed by atoms with E-state index in [4.69, 9.17) is 17.3 Å². The largest absolute Gasteiger partial charge is 0.397 e. The highest BCUT2D eigenvalue weighted by Crippen LogP contribution is 2.19. The highest BCUT2D eigenvalue weighted by molar-refractivity contribution is 6.28. The van der Waals surface area contributed by atoms with E-state index in [2.05, 4.69) is 181 Å². The van der Waals surface area contributed by atoms with Gasteiger partial charge in [-0.15, -0.1) is 0 Å². The first kappa shape index (κ1) is 58.1. The van der Waals surface area contributed by atoms with Crippen LogP contribution in [0.5, 0.6) is 0 Å². The third-order valence-corrected chi connectivity index (χ3v) is 12.6. The first-order valence-corrected chi connectivity index (χ1v) is 27.2. The van der Waals surface area contributed by atoms with E-state index >= 15 is 0 Å². The van der Waals surface area contributed by atoms with Crippen molar-refractivity contribution in [2.75, 3.05) is 62.6 Å². The number of rotatable bonds is 23. The number of carbonyl (C=O) groups excluding carboxylic acids is 1. The van der Waals surface area contributed by atoms with Crippen molar-refractivity contribution in [1.29, 1.82) is 0 Å². The van der Waals surface area contributed by atoms with Gasteiger partial charge in [-0.1, -0.05) is 175 Å². The van der Waals surface area contributed by atoms with E-state index in [-0.39, 0.29) is 11.2 Å². The fraction of sp³-hybridized carbons (Fsp3) is 0.175. The number of para-hydroxylation sites is 2. The zero-order valence-corrected chi connectivity index (χ0v) is 46.6. The minimum Gasteiger partial charge on any atom is -0.397 e. The molecule has 10 aromatic rings. The van der Waals surface area contributed by atoms with E-state index in [1.807, 2.05) is 78.9 Å². The SMILES string of the molecule is Cc1ccc(CNc2nc(Cl)nc(NCCc3ccccc3)n2)cc1.Cc1ccc(CNc2ncnc(NCCc3ccccc3)n2)cc1.Nc1ccccc1NC(=O)c1ccc(CNc2ncnc(NCCc3ccccc3)n2)cc1. The van der Waals surface area contributed by atoms with Gasteiger partial charge in [-0.2, -0.15) is 24.9 Å². The number of benzene rings is 7. The molecule has 9 N–H and O–H groups in total. The summed E-state index contributed by atoms with van der Waals surface area (Å²) in [5.74, 6) is 2.89. The van der Waals surface area contributed by atoms with E-state index in [0.29, 0.717) is 72.3 Å². The van der Waals surface area contributed by atoms with E-state index in [9.17, 15) is 4.79 Å². The lowest BCUT2D eigenvalue weighted by atomic mass is 10.1. The van der Waals surface area contributed by atoms with Crippen LogP contribution in [0.15, 0.2) is 201 Å².